The number of hydrogen-bond donors (Lipinski definition) is 1. The van der Waals surface area contributed by atoms with Crippen LogP contribution in [0.1, 0.15) is 38.7 Å². The summed E-state index contributed by atoms with van der Waals surface area (Å²) < 4.78 is 0. The minimum atomic E-state index is 0.585. The maximum atomic E-state index is 5.71. The molecule has 0 amide bonds. The minimum absolute atomic E-state index is 0.585. The normalized spacial score (nSPS) is 12.7. The number of aromatic nitrogens is 2. The highest BCUT2D eigenvalue weighted by atomic mass is 32.2. The molecule has 4 heteroatoms. The van der Waals surface area contributed by atoms with Crippen LogP contribution in [-0.2, 0) is 12.2 Å². The van der Waals surface area contributed by atoms with E-state index in [0.717, 1.165) is 23.7 Å². The summed E-state index contributed by atoms with van der Waals surface area (Å²) in [5.41, 5.74) is 6.74. The SMILES string of the molecule is CCc1cc(N)nc(CSC(C)CC)n1. The predicted octanol–water partition coefficient (Wildman–Crippen LogP) is 2.65. The van der Waals surface area contributed by atoms with Gasteiger partial charge in [0.1, 0.15) is 11.6 Å². The summed E-state index contributed by atoms with van der Waals surface area (Å²) in [6.45, 7) is 6.49. The number of nitrogens with zero attached hydrogens (tertiary/aromatic N) is 2. The number of hydrogen-bond acceptors (Lipinski definition) is 4. The van der Waals surface area contributed by atoms with Crippen molar-refractivity contribution in [3.8, 4) is 0 Å². The molecule has 1 heterocycles. The van der Waals surface area contributed by atoms with Crippen LogP contribution in [0.5, 0.6) is 0 Å². The van der Waals surface area contributed by atoms with Crippen molar-refractivity contribution in [3.63, 3.8) is 0 Å². The first-order chi connectivity index (χ1) is 7.15. The van der Waals surface area contributed by atoms with Gasteiger partial charge in [0.15, 0.2) is 0 Å². The summed E-state index contributed by atoms with van der Waals surface area (Å²) in [6, 6.07) is 1.84. The predicted molar refractivity (Wildman–Crippen MR) is 66.9 cm³/mol. The van der Waals surface area contributed by atoms with Gasteiger partial charge in [-0.1, -0.05) is 20.8 Å². The average Bonchev–Trinajstić information content (AvgIpc) is 2.25. The standard InChI is InChI=1S/C11H19N3S/c1-4-8(3)15-7-11-13-9(5-2)6-10(12)14-11/h6,8H,4-5,7H2,1-3H3,(H2,12,13,14). The van der Waals surface area contributed by atoms with E-state index in [2.05, 4.69) is 30.7 Å². The molecule has 1 unspecified atom stereocenters. The molecule has 0 bridgehead atoms. The Morgan fingerprint density at radius 3 is 2.73 bits per heavy atom. The molecule has 1 aromatic heterocycles. The van der Waals surface area contributed by atoms with Crippen LogP contribution in [-0.4, -0.2) is 15.2 Å². The third kappa shape index (κ3) is 4.08. The Morgan fingerprint density at radius 2 is 2.13 bits per heavy atom. The highest BCUT2D eigenvalue weighted by Gasteiger charge is 2.04. The van der Waals surface area contributed by atoms with Gasteiger partial charge in [-0.25, -0.2) is 9.97 Å². The second-order valence-electron chi connectivity index (χ2n) is 3.58. The van der Waals surface area contributed by atoms with Crippen molar-refractivity contribution in [1.82, 2.24) is 9.97 Å². The number of nitrogen functional groups attached to an aromatic ring is 1. The molecule has 0 radical (unpaired) electrons. The highest BCUT2D eigenvalue weighted by molar-refractivity contribution is 7.99. The van der Waals surface area contributed by atoms with Gasteiger partial charge >= 0.3 is 0 Å². The van der Waals surface area contributed by atoms with Gasteiger partial charge in [-0.3, -0.25) is 0 Å². The van der Waals surface area contributed by atoms with Crippen LogP contribution in [0, 0.1) is 0 Å². The van der Waals surface area contributed by atoms with Crippen molar-refractivity contribution >= 4 is 17.6 Å². The van der Waals surface area contributed by atoms with Crippen molar-refractivity contribution in [2.45, 2.75) is 44.6 Å². The number of rotatable bonds is 5. The Morgan fingerprint density at radius 1 is 1.40 bits per heavy atom. The Bertz CT molecular complexity index is 315. The first-order valence-corrected chi connectivity index (χ1v) is 6.44. The van der Waals surface area contributed by atoms with Crippen LogP contribution < -0.4 is 5.73 Å². The van der Waals surface area contributed by atoms with Crippen LogP contribution in [0.25, 0.3) is 0 Å². The van der Waals surface area contributed by atoms with E-state index >= 15 is 0 Å². The molecule has 1 atom stereocenters. The van der Waals surface area contributed by atoms with Crippen molar-refractivity contribution in [3.05, 3.63) is 17.6 Å². The number of aryl methyl sites for hydroxylation is 1. The molecule has 3 nitrogen and oxygen atoms in total. The Balaban J connectivity index is 2.64. The lowest BCUT2D eigenvalue weighted by atomic mass is 10.3. The van der Waals surface area contributed by atoms with Gasteiger partial charge in [-0.05, 0) is 12.8 Å². The fraction of sp³-hybridized carbons (Fsp3) is 0.636. The van der Waals surface area contributed by atoms with Crippen molar-refractivity contribution in [2.75, 3.05) is 5.73 Å². The number of thioether (sulfide) groups is 1. The molecular formula is C11H19N3S. The Hall–Kier alpha value is -0.770. The summed E-state index contributed by atoms with van der Waals surface area (Å²) >= 11 is 1.88. The van der Waals surface area contributed by atoms with Gasteiger partial charge in [0.05, 0.1) is 5.75 Å². The van der Waals surface area contributed by atoms with Crippen LogP contribution in [0.2, 0.25) is 0 Å². The topological polar surface area (TPSA) is 51.8 Å². The first-order valence-electron chi connectivity index (χ1n) is 5.39. The number of anilines is 1. The van der Waals surface area contributed by atoms with E-state index in [1.54, 1.807) is 0 Å². The molecule has 0 aliphatic carbocycles. The van der Waals surface area contributed by atoms with E-state index in [1.807, 2.05) is 17.8 Å². The van der Waals surface area contributed by atoms with Gasteiger partial charge in [0.2, 0.25) is 0 Å². The molecule has 0 saturated heterocycles. The average molecular weight is 225 g/mol. The second kappa shape index (κ2) is 5.95. The molecule has 1 aromatic rings. The Labute approximate surface area is 95.9 Å². The van der Waals surface area contributed by atoms with E-state index < -0.39 is 0 Å². The molecule has 0 spiro atoms. The largest absolute Gasteiger partial charge is 0.384 e. The summed E-state index contributed by atoms with van der Waals surface area (Å²) in [6.07, 6.45) is 2.08. The van der Waals surface area contributed by atoms with E-state index in [9.17, 15) is 0 Å². The van der Waals surface area contributed by atoms with E-state index in [4.69, 9.17) is 5.73 Å². The van der Waals surface area contributed by atoms with Crippen LogP contribution in [0.15, 0.2) is 6.07 Å². The molecule has 1 rings (SSSR count). The van der Waals surface area contributed by atoms with Gasteiger partial charge < -0.3 is 5.73 Å². The molecule has 0 saturated carbocycles. The first kappa shape index (κ1) is 12.3. The molecule has 0 aliphatic heterocycles. The van der Waals surface area contributed by atoms with Gasteiger partial charge in [-0.2, -0.15) is 11.8 Å². The summed E-state index contributed by atoms with van der Waals surface area (Å²) in [4.78, 5) is 8.68. The van der Waals surface area contributed by atoms with Crippen LogP contribution in [0.4, 0.5) is 5.82 Å². The zero-order valence-corrected chi connectivity index (χ0v) is 10.5. The fourth-order valence-corrected chi connectivity index (χ4v) is 1.95. The molecule has 2 N–H and O–H groups in total. The lowest BCUT2D eigenvalue weighted by molar-refractivity contribution is 0.896. The third-order valence-electron chi connectivity index (χ3n) is 2.28. The third-order valence-corrected chi connectivity index (χ3v) is 3.61. The summed E-state index contributed by atoms with van der Waals surface area (Å²) in [5.74, 6) is 2.30. The maximum Gasteiger partial charge on any atom is 0.140 e. The molecule has 0 aliphatic rings. The summed E-state index contributed by atoms with van der Waals surface area (Å²) in [7, 11) is 0. The van der Waals surface area contributed by atoms with E-state index in [1.165, 1.54) is 6.42 Å². The van der Waals surface area contributed by atoms with E-state index in [-0.39, 0.29) is 0 Å². The minimum Gasteiger partial charge on any atom is -0.384 e. The zero-order valence-electron chi connectivity index (χ0n) is 9.66. The quantitative estimate of drug-likeness (QED) is 0.837. The maximum absolute atomic E-state index is 5.71. The molecule has 0 fully saturated rings. The molecule has 84 valence electrons. The van der Waals surface area contributed by atoms with Crippen molar-refractivity contribution in [1.29, 1.82) is 0 Å². The van der Waals surface area contributed by atoms with Crippen LogP contribution in [0.3, 0.4) is 0 Å². The number of nitrogens with two attached hydrogens (primary N) is 1. The zero-order chi connectivity index (χ0) is 11.3. The smallest absolute Gasteiger partial charge is 0.140 e. The van der Waals surface area contributed by atoms with Gasteiger partial charge in [0.25, 0.3) is 0 Å². The second-order valence-corrected chi connectivity index (χ2v) is 5.01. The lowest BCUT2D eigenvalue weighted by Crippen LogP contribution is -2.03. The van der Waals surface area contributed by atoms with Gasteiger partial charge in [0, 0.05) is 17.0 Å². The van der Waals surface area contributed by atoms with Crippen molar-refractivity contribution in [2.24, 2.45) is 0 Å². The van der Waals surface area contributed by atoms with Gasteiger partial charge in [-0.15, -0.1) is 0 Å². The highest BCUT2D eigenvalue weighted by Crippen LogP contribution is 2.18. The lowest BCUT2D eigenvalue weighted by Gasteiger charge is -2.08. The Kier molecular flexibility index (Phi) is 4.88. The molecule has 0 aromatic carbocycles. The molecule has 15 heavy (non-hydrogen) atoms. The van der Waals surface area contributed by atoms with E-state index in [0.29, 0.717) is 11.1 Å². The monoisotopic (exact) mass is 225 g/mol. The molecular weight excluding hydrogens is 206 g/mol. The fourth-order valence-electron chi connectivity index (χ4n) is 1.16. The summed E-state index contributed by atoms with van der Waals surface area (Å²) in [5, 5.41) is 0.653. The van der Waals surface area contributed by atoms with Crippen LogP contribution >= 0.6 is 11.8 Å². The van der Waals surface area contributed by atoms with Crippen molar-refractivity contribution < 1.29 is 0 Å².